The highest BCUT2D eigenvalue weighted by Crippen LogP contribution is 2.41. The molecule has 2 nitrogen and oxygen atoms in total. The maximum Gasteiger partial charge on any atom is 0.143 e. The van der Waals surface area contributed by atoms with Crippen LogP contribution < -0.4 is 0 Å². The zero-order valence-electron chi connectivity index (χ0n) is 23.1. The van der Waals surface area contributed by atoms with Crippen LogP contribution in [-0.4, -0.2) is 4.57 Å². The van der Waals surface area contributed by atoms with Crippen LogP contribution in [0.1, 0.15) is 0 Å². The molecule has 0 saturated carbocycles. The summed E-state index contributed by atoms with van der Waals surface area (Å²) in [6.07, 6.45) is 0. The Hall–Kier alpha value is -5.12. The van der Waals surface area contributed by atoms with Crippen molar-refractivity contribution in [3.05, 3.63) is 150 Å². The van der Waals surface area contributed by atoms with Crippen molar-refractivity contribution in [1.29, 1.82) is 0 Å². The van der Waals surface area contributed by atoms with Gasteiger partial charge in [-0.25, -0.2) is 0 Å². The first kappa shape index (κ1) is 24.5. The average Bonchev–Trinajstić information content (AvgIpc) is 3.60. The summed E-state index contributed by atoms with van der Waals surface area (Å²) in [6, 6.07) is 52.2. The Bertz CT molecular complexity index is 2500. The average molecular weight is 615 g/mol. The number of fused-ring (bicyclic) bond motifs is 8. The molecule has 0 aliphatic rings. The second-order valence-electron chi connectivity index (χ2n) is 11.1. The molecule has 2 aromatic heterocycles. The maximum atomic E-state index is 6.48. The van der Waals surface area contributed by atoms with Gasteiger partial charge in [-0.05, 0) is 88.3 Å². The Kier molecular flexibility index (Phi) is 5.38. The van der Waals surface area contributed by atoms with Crippen LogP contribution in [0.3, 0.4) is 0 Å². The summed E-state index contributed by atoms with van der Waals surface area (Å²) < 4.78 is 9.97. The summed E-state index contributed by atoms with van der Waals surface area (Å²) in [5.74, 6) is 0. The standard InChI is InChI=1S/C40H24BrNO/c41-30-17-13-26(14-18-30)28-16-20-37-35(22-28)36-23-29-15-19-33-32-11-4-5-12-39(32)43-40(33)34(29)24-38(36)42(37)31-10-6-9-27(21-31)25-7-2-1-3-8-25/h1-24H. The predicted molar refractivity (Wildman–Crippen MR) is 184 cm³/mol. The number of para-hydroxylation sites is 1. The van der Waals surface area contributed by atoms with Crippen molar-refractivity contribution in [2.24, 2.45) is 0 Å². The lowest BCUT2D eigenvalue weighted by Crippen LogP contribution is -1.94. The minimum Gasteiger partial charge on any atom is -0.455 e. The van der Waals surface area contributed by atoms with Gasteiger partial charge in [0.25, 0.3) is 0 Å². The largest absolute Gasteiger partial charge is 0.455 e. The first-order valence-corrected chi connectivity index (χ1v) is 15.2. The number of nitrogens with zero attached hydrogens (tertiary/aromatic N) is 1. The van der Waals surface area contributed by atoms with Gasteiger partial charge in [-0.3, -0.25) is 0 Å². The molecular weight excluding hydrogens is 590 g/mol. The zero-order chi connectivity index (χ0) is 28.5. The molecule has 0 amide bonds. The Morgan fingerprint density at radius 3 is 2.05 bits per heavy atom. The molecule has 7 aromatic carbocycles. The van der Waals surface area contributed by atoms with E-state index in [0.29, 0.717) is 0 Å². The summed E-state index contributed by atoms with van der Waals surface area (Å²) in [5.41, 5.74) is 10.1. The highest BCUT2D eigenvalue weighted by Gasteiger charge is 2.17. The van der Waals surface area contributed by atoms with Crippen molar-refractivity contribution in [2.75, 3.05) is 0 Å². The van der Waals surface area contributed by atoms with E-state index in [-0.39, 0.29) is 0 Å². The maximum absolute atomic E-state index is 6.48. The van der Waals surface area contributed by atoms with Gasteiger partial charge in [0.15, 0.2) is 0 Å². The number of benzene rings is 7. The lowest BCUT2D eigenvalue weighted by Gasteiger charge is -2.11. The number of rotatable bonds is 3. The van der Waals surface area contributed by atoms with E-state index in [1.54, 1.807) is 0 Å². The highest BCUT2D eigenvalue weighted by atomic mass is 79.9. The molecule has 9 rings (SSSR count). The highest BCUT2D eigenvalue weighted by molar-refractivity contribution is 9.10. The molecular formula is C40H24BrNO. The summed E-state index contributed by atoms with van der Waals surface area (Å²) in [7, 11) is 0. The first-order chi connectivity index (χ1) is 21.2. The van der Waals surface area contributed by atoms with Gasteiger partial charge >= 0.3 is 0 Å². The number of hydrogen-bond donors (Lipinski definition) is 0. The van der Waals surface area contributed by atoms with E-state index in [1.807, 2.05) is 6.07 Å². The second kappa shape index (κ2) is 9.45. The minimum absolute atomic E-state index is 0.917. The third kappa shape index (κ3) is 3.86. The van der Waals surface area contributed by atoms with E-state index < -0.39 is 0 Å². The van der Waals surface area contributed by atoms with Crippen LogP contribution in [0.5, 0.6) is 0 Å². The van der Waals surface area contributed by atoms with Gasteiger partial charge in [0.05, 0.1) is 11.0 Å². The first-order valence-electron chi connectivity index (χ1n) is 14.5. The molecule has 0 bridgehead atoms. The quantitative estimate of drug-likeness (QED) is 0.194. The fourth-order valence-corrected chi connectivity index (χ4v) is 6.84. The Morgan fingerprint density at radius 2 is 1.16 bits per heavy atom. The van der Waals surface area contributed by atoms with Gasteiger partial charge in [0, 0.05) is 37.1 Å². The molecule has 0 atom stereocenters. The molecule has 0 aliphatic heterocycles. The molecule has 43 heavy (non-hydrogen) atoms. The van der Waals surface area contributed by atoms with Crippen LogP contribution in [0.25, 0.3) is 82.5 Å². The fourth-order valence-electron chi connectivity index (χ4n) is 6.58. The molecule has 0 N–H and O–H groups in total. The van der Waals surface area contributed by atoms with Gasteiger partial charge in [-0.1, -0.05) is 101 Å². The third-order valence-corrected chi connectivity index (χ3v) is 9.16. The fraction of sp³-hybridized carbons (Fsp3) is 0. The lowest BCUT2D eigenvalue weighted by atomic mass is 10.0. The molecule has 0 radical (unpaired) electrons. The van der Waals surface area contributed by atoms with Gasteiger partial charge in [0.2, 0.25) is 0 Å². The molecule has 3 heteroatoms. The molecule has 9 aromatic rings. The molecule has 202 valence electrons. The topological polar surface area (TPSA) is 18.1 Å². The van der Waals surface area contributed by atoms with E-state index in [9.17, 15) is 0 Å². The van der Waals surface area contributed by atoms with Crippen LogP contribution in [0.2, 0.25) is 0 Å². The number of aromatic nitrogens is 1. The van der Waals surface area contributed by atoms with E-state index >= 15 is 0 Å². The Labute approximate surface area is 256 Å². The summed E-state index contributed by atoms with van der Waals surface area (Å²) >= 11 is 3.58. The number of hydrogen-bond acceptors (Lipinski definition) is 1. The molecule has 0 unspecified atom stereocenters. The van der Waals surface area contributed by atoms with Crippen LogP contribution in [0.4, 0.5) is 0 Å². The molecule has 0 saturated heterocycles. The van der Waals surface area contributed by atoms with Crippen molar-refractivity contribution in [3.63, 3.8) is 0 Å². The van der Waals surface area contributed by atoms with Gasteiger partial charge in [-0.2, -0.15) is 0 Å². The molecule has 0 fully saturated rings. The molecule has 2 heterocycles. The van der Waals surface area contributed by atoms with Crippen LogP contribution >= 0.6 is 15.9 Å². The summed E-state index contributed by atoms with van der Waals surface area (Å²) in [6.45, 7) is 0. The van der Waals surface area contributed by atoms with Gasteiger partial charge in [0.1, 0.15) is 11.2 Å². The normalized spacial score (nSPS) is 11.8. The van der Waals surface area contributed by atoms with E-state index in [0.717, 1.165) is 43.0 Å². The summed E-state index contributed by atoms with van der Waals surface area (Å²) in [5, 5.41) is 7.04. The zero-order valence-corrected chi connectivity index (χ0v) is 24.7. The number of halogens is 1. The Balaban J connectivity index is 1.37. The second-order valence-corrected chi connectivity index (χ2v) is 12.0. The van der Waals surface area contributed by atoms with Crippen LogP contribution in [-0.2, 0) is 0 Å². The SMILES string of the molecule is Brc1ccc(-c2ccc3c(c2)c2cc4ccc5c6ccccc6oc5c4cc2n3-c2cccc(-c3ccccc3)c2)cc1. The predicted octanol–water partition coefficient (Wildman–Crippen LogP) is 11.9. The van der Waals surface area contributed by atoms with Gasteiger partial charge < -0.3 is 8.98 Å². The number of furan rings is 1. The smallest absolute Gasteiger partial charge is 0.143 e. The van der Waals surface area contributed by atoms with Crippen molar-refractivity contribution in [2.45, 2.75) is 0 Å². The van der Waals surface area contributed by atoms with Crippen molar-refractivity contribution in [1.82, 2.24) is 4.57 Å². The van der Waals surface area contributed by atoms with E-state index in [1.165, 1.54) is 43.9 Å². The lowest BCUT2D eigenvalue weighted by molar-refractivity contribution is 0.672. The third-order valence-electron chi connectivity index (χ3n) is 8.63. The molecule has 0 spiro atoms. The molecule has 0 aliphatic carbocycles. The summed E-state index contributed by atoms with van der Waals surface area (Å²) in [4.78, 5) is 0. The minimum atomic E-state index is 0.917. The monoisotopic (exact) mass is 613 g/mol. The van der Waals surface area contributed by atoms with Crippen LogP contribution in [0, 0.1) is 0 Å². The van der Waals surface area contributed by atoms with E-state index in [4.69, 9.17) is 4.42 Å². The van der Waals surface area contributed by atoms with Crippen molar-refractivity contribution in [3.8, 4) is 27.9 Å². The van der Waals surface area contributed by atoms with Crippen molar-refractivity contribution >= 4 is 70.4 Å². The Morgan fingerprint density at radius 1 is 0.442 bits per heavy atom. The van der Waals surface area contributed by atoms with E-state index in [2.05, 4.69) is 160 Å². The van der Waals surface area contributed by atoms with Crippen molar-refractivity contribution < 1.29 is 4.42 Å². The van der Waals surface area contributed by atoms with Gasteiger partial charge in [-0.15, -0.1) is 0 Å². The van der Waals surface area contributed by atoms with Crippen LogP contribution in [0.15, 0.2) is 154 Å².